The van der Waals surface area contributed by atoms with Gasteiger partial charge in [-0.2, -0.15) is 4.68 Å². The number of rotatable bonds is 17. The number of carbonyl (C=O) groups is 4. The number of aliphatic hydroxyl groups is 1. The smallest absolute Gasteiger partial charge is 0.413 e. The monoisotopic (exact) mass is 889 g/mol. The predicted molar refractivity (Wildman–Crippen MR) is 229 cm³/mol. The van der Waals surface area contributed by atoms with Crippen molar-refractivity contribution in [3.63, 3.8) is 0 Å². The number of halogens is 1. The lowest BCUT2D eigenvalue weighted by Gasteiger charge is -2.22. The highest BCUT2D eigenvalue weighted by molar-refractivity contribution is 7.14. The van der Waals surface area contributed by atoms with Gasteiger partial charge in [0.05, 0.1) is 17.9 Å². The SMILES string of the molecule is C[n+]1cc(-c2ccc(OC[C@H](O/N=C(\C(=O)O)c3csc(NC(=O)OC(C)(C)C)n3)C(=O)OC(c3ccccc3)c3ccccc3)cc2F)cn1CC(O)CNC(=O)OC(C)(C)C. The van der Waals surface area contributed by atoms with Crippen LogP contribution in [-0.4, -0.2) is 86.3 Å². The van der Waals surface area contributed by atoms with Crippen molar-refractivity contribution in [1.82, 2.24) is 15.0 Å². The van der Waals surface area contributed by atoms with Gasteiger partial charge in [0.1, 0.15) is 41.6 Å². The molecule has 0 spiro atoms. The molecule has 5 rings (SSSR count). The molecule has 0 saturated heterocycles. The fourth-order valence-corrected chi connectivity index (χ4v) is 6.41. The van der Waals surface area contributed by atoms with Gasteiger partial charge in [-0.3, -0.25) is 5.32 Å². The molecule has 0 fully saturated rings. The van der Waals surface area contributed by atoms with Gasteiger partial charge in [-0.25, -0.2) is 28.6 Å². The van der Waals surface area contributed by atoms with Crippen molar-refractivity contribution in [1.29, 1.82) is 0 Å². The number of hydrogen-bond acceptors (Lipinski definition) is 13. The molecule has 3 aromatic carbocycles. The molecular formula is C44H50FN6O11S+. The third kappa shape index (κ3) is 14.4. The number of carboxylic acids is 1. The summed E-state index contributed by atoms with van der Waals surface area (Å²) in [6.07, 6.45) is -1.79. The zero-order valence-corrected chi connectivity index (χ0v) is 36.6. The molecule has 4 N–H and O–H groups in total. The topological polar surface area (TPSA) is 213 Å². The number of thiazole rings is 1. The predicted octanol–water partition coefficient (Wildman–Crippen LogP) is 6.39. The van der Waals surface area contributed by atoms with Crippen LogP contribution in [0.1, 0.15) is 64.5 Å². The number of alkyl carbamates (subject to hydrolysis) is 1. The number of nitrogens with zero attached hydrogens (tertiary/aromatic N) is 4. The normalized spacial score (nSPS) is 12.8. The molecule has 5 aromatic rings. The van der Waals surface area contributed by atoms with E-state index in [9.17, 15) is 29.4 Å². The molecule has 19 heteroatoms. The Kier molecular flexibility index (Phi) is 15.6. The van der Waals surface area contributed by atoms with Crippen LogP contribution in [0.4, 0.5) is 19.1 Å². The number of benzene rings is 3. The maximum Gasteiger partial charge on any atom is 0.413 e. The minimum absolute atomic E-state index is 0.00689. The summed E-state index contributed by atoms with van der Waals surface area (Å²) < 4.78 is 41.3. The number of nitrogens with one attached hydrogen (secondary N) is 2. The number of aromatic nitrogens is 3. The number of anilines is 1. The molecule has 0 aliphatic rings. The molecule has 0 radical (unpaired) electrons. The third-order valence-electron chi connectivity index (χ3n) is 8.48. The van der Waals surface area contributed by atoms with E-state index in [0.717, 1.165) is 17.4 Å². The van der Waals surface area contributed by atoms with E-state index in [2.05, 4.69) is 20.8 Å². The van der Waals surface area contributed by atoms with Crippen molar-refractivity contribution >= 4 is 46.3 Å². The van der Waals surface area contributed by atoms with Crippen LogP contribution in [0.3, 0.4) is 0 Å². The largest absolute Gasteiger partial charge is 0.489 e. The first kappa shape index (κ1) is 47.2. The van der Waals surface area contributed by atoms with E-state index in [0.29, 0.717) is 16.7 Å². The van der Waals surface area contributed by atoms with Crippen LogP contribution < -0.4 is 20.1 Å². The van der Waals surface area contributed by atoms with E-state index >= 15 is 4.39 Å². The molecule has 0 aliphatic heterocycles. The number of carbonyl (C=O) groups excluding carboxylic acids is 3. The van der Waals surface area contributed by atoms with Gasteiger partial charge in [0.25, 0.3) is 6.10 Å². The first-order valence-electron chi connectivity index (χ1n) is 19.6. The Labute approximate surface area is 367 Å². The van der Waals surface area contributed by atoms with Crippen LogP contribution in [0.25, 0.3) is 11.1 Å². The molecule has 2 aromatic heterocycles. The van der Waals surface area contributed by atoms with Crippen LogP contribution in [-0.2, 0) is 42.2 Å². The van der Waals surface area contributed by atoms with E-state index in [4.69, 9.17) is 23.8 Å². The van der Waals surface area contributed by atoms with E-state index in [-0.39, 0.29) is 35.2 Å². The number of esters is 1. The summed E-state index contributed by atoms with van der Waals surface area (Å²) in [5, 5.41) is 30.7. The maximum absolute atomic E-state index is 15.7. The third-order valence-corrected chi connectivity index (χ3v) is 9.24. The van der Waals surface area contributed by atoms with E-state index in [1.54, 1.807) is 119 Å². The summed E-state index contributed by atoms with van der Waals surface area (Å²) in [6.45, 7) is 9.60. The zero-order valence-electron chi connectivity index (χ0n) is 35.7. The Hall–Kier alpha value is -6.86. The van der Waals surface area contributed by atoms with Gasteiger partial charge in [0.2, 0.25) is 11.9 Å². The lowest BCUT2D eigenvalue weighted by atomic mass is 10.0. The molecule has 0 saturated carbocycles. The van der Waals surface area contributed by atoms with Crippen LogP contribution in [0, 0.1) is 5.82 Å². The Morgan fingerprint density at radius 2 is 1.54 bits per heavy atom. The minimum Gasteiger partial charge on any atom is -0.489 e. The van der Waals surface area contributed by atoms with Gasteiger partial charge in [-0.05, 0) is 64.8 Å². The lowest BCUT2D eigenvalue weighted by molar-refractivity contribution is -0.754. The van der Waals surface area contributed by atoms with E-state index in [1.165, 1.54) is 17.5 Å². The summed E-state index contributed by atoms with van der Waals surface area (Å²) in [5.41, 5.74) is -0.468. The summed E-state index contributed by atoms with van der Waals surface area (Å²) in [6, 6.07) is 21.9. The van der Waals surface area contributed by atoms with Gasteiger partial charge in [-0.1, -0.05) is 65.8 Å². The molecule has 2 atom stereocenters. The van der Waals surface area contributed by atoms with Crippen molar-refractivity contribution in [2.45, 2.75) is 77.6 Å². The van der Waals surface area contributed by atoms with E-state index < -0.39 is 71.8 Å². The first-order valence-corrected chi connectivity index (χ1v) is 20.5. The highest BCUT2D eigenvalue weighted by Crippen LogP contribution is 2.29. The molecule has 2 heterocycles. The van der Waals surface area contributed by atoms with Crippen molar-refractivity contribution in [3.8, 4) is 16.9 Å². The van der Waals surface area contributed by atoms with Gasteiger partial charge < -0.3 is 39.3 Å². The fourth-order valence-electron chi connectivity index (χ4n) is 5.73. The Morgan fingerprint density at radius 3 is 2.13 bits per heavy atom. The molecular weight excluding hydrogens is 840 g/mol. The molecule has 0 aliphatic carbocycles. The molecule has 0 bridgehead atoms. The van der Waals surface area contributed by atoms with Crippen molar-refractivity contribution < 1.29 is 62.2 Å². The zero-order chi connectivity index (χ0) is 45.9. The summed E-state index contributed by atoms with van der Waals surface area (Å²) in [4.78, 5) is 60.4. The second-order valence-corrected chi connectivity index (χ2v) is 16.9. The van der Waals surface area contributed by atoms with Gasteiger partial charge in [0.15, 0.2) is 18.3 Å². The number of aliphatic hydroxyl groups excluding tert-OH is 1. The van der Waals surface area contributed by atoms with E-state index in [1.807, 2.05) is 12.1 Å². The Morgan fingerprint density at radius 1 is 0.921 bits per heavy atom. The van der Waals surface area contributed by atoms with Crippen molar-refractivity contribution in [2.24, 2.45) is 12.2 Å². The van der Waals surface area contributed by atoms with Crippen LogP contribution >= 0.6 is 11.3 Å². The molecule has 17 nitrogen and oxygen atoms in total. The molecule has 2 amide bonds. The first-order chi connectivity index (χ1) is 29.7. The number of oxime groups is 1. The van der Waals surface area contributed by atoms with Crippen LogP contribution in [0.15, 0.2) is 102 Å². The van der Waals surface area contributed by atoms with Gasteiger partial charge >= 0.3 is 24.1 Å². The molecule has 334 valence electrons. The van der Waals surface area contributed by atoms with Crippen LogP contribution in [0.2, 0.25) is 0 Å². The number of carboxylic acid groups (broad SMARTS) is 1. The molecule has 1 unspecified atom stereocenters. The Bertz CT molecular complexity index is 2350. The molecule has 63 heavy (non-hydrogen) atoms. The highest BCUT2D eigenvalue weighted by Gasteiger charge is 2.30. The highest BCUT2D eigenvalue weighted by atomic mass is 32.1. The lowest BCUT2D eigenvalue weighted by Crippen LogP contribution is -2.43. The average molecular weight is 890 g/mol. The fraction of sp³-hybridized carbons (Fsp3) is 0.341. The van der Waals surface area contributed by atoms with Gasteiger partial charge in [0, 0.05) is 23.6 Å². The second-order valence-electron chi connectivity index (χ2n) is 16.0. The number of amides is 2. The Balaban J connectivity index is 1.35. The summed E-state index contributed by atoms with van der Waals surface area (Å²) >= 11 is 0.904. The van der Waals surface area contributed by atoms with Crippen molar-refractivity contribution in [2.75, 3.05) is 18.5 Å². The minimum atomic E-state index is -1.70. The standard InChI is InChI=1S/C44H49FN6O11S/c1-43(2,3)60-41(56)46-21-30(52)24-51-23-29(22-50(51)7)32-19-18-31(20-33(32)45)58-25-35(39(55)59-37(27-14-10-8-11-15-27)28-16-12-9-13-17-28)62-49-36(38(53)54)34-26-63-40(47-34)48-42(57)61-44(4,5)6/h8-20,22-23,26,30,35,37,52H,21,24-25H2,1-7H3,(H2-,46,47,48,53,54,56,57)/p+1/b49-36-/t30?,35-/m0/s1. The summed E-state index contributed by atoms with van der Waals surface area (Å²) in [7, 11) is 1.71. The maximum atomic E-state index is 15.7. The number of aliphatic carboxylic acids is 1. The average Bonchev–Trinajstić information content (AvgIpc) is 3.81. The van der Waals surface area contributed by atoms with Crippen LogP contribution in [0.5, 0.6) is 5.75 Å². The number of hydrogen-bond donors (Lipinski definition) is 4. The number of ether oxygens (including phenoxy) is 4. The van der Waals surface area contributed by atoms with Crippen molar-refractivity contribution in [3.05, 3.63) is 119 Å². The quantitative estimate of drug-likeness (QED) is 0.0263. The second kappa shape index (κ2) is 20.8. The summed E-state index contributed by atoms with van der Waals surface area (Å²) in [5.74, 6) is -3.24. The number of aryl methyl sites for hydroxylation is 1. The van der Waals surface area contributed by atoms with Gasteiger partial charge in [-0.15, -0.1) is 16.0 Å².